The normalized spacial score (nSPS) is 10.8. The molecule has 1 heterocycles. The van der Waals surface area contributed by atoms with Crippen LogP contribution in [0.3, 0.4) is 0 Å². The predicted octanol–water partition coefficient (Wildman–Crippen LogP) is 3.93. The minimum Gasteiger partial charge on any atom is -0.290 e. The first kappa shape index (κ1) is 19.3. The highest BCUT2D eigenvalue weighted by Gasteiger charge is 2.16. The molecule has 10 heteroatoms. The smallest absolute Gasteiger partial charge is 0.270 e. The quantitative estimate of drug-likeness (QED) is 0.359. The molecule has 1 aromatic heterocycles. The van der Waals surface area contributed by atoms with Gasteiger partial charge in [0.1, 0.15) is 17.4 Å². The molecular weight excluding hydrogens is 439 g/mol. The van der Waals surface area contributed by atoms with Gasteiger partial charge in [-0.2, -0.15) is 10.4 Å². The first-order chi connectivity index (χ1) is 13.4. The van der Waals surface area contributed by atoms with Crippen LogP contribution in [0.1, 0.15) is 11.1 Å². The van der Waals surface area contributed by atoms with Gasteiger partial charge >= 0.3 is 0 Å². The van der Waals surface area contributed by atoms with Crippen LogP contribution in [0.2, 0.25) is 0 Å². The number of hydrazone groups is 1. The van der Waals surface area contributed by atoms with Crippen LogP contribution < -0.4 is 11.0 Å². The number of nitriles is 1. The van der Waals surface area contributed by atoms with Crippen molar-refractivity contribution in [3.8, 4) is 17.3 Å². The third-order valence-corrected chi connectivity index (χ3v) is 4.17. The number of aromatic amines is 1. The molecule has 0 amide bonds. The summed E-state index contributed by atoms with van der Waals surface area (Å²) in [5, 5.41) is 12.8. The average Bonchev–Trinajstić information content (AvgIpc) is 2.69. The van der Waals surface area contributed by atoms with E-state index in [0.29, 0.717) is 17.8 Å². The van der Waals surface area contributed by atoms with Crippen molar-refractivity contribution in [3.05, 3.63) is 79.8 Å². The summed E-state index contributed by atoms with van der Waals surface area (Å²) in [5.41, 5.74) is 1.29. The number of nitrogens with zero attached hydrogens (tertiary/aromatic N) is 3. The molecule has 28 heavy (non-hydrogen) atoms. The van der Waals surface area contributed by atoms with E-state index in [2.05, 4.69) is 36.4 Å². The topological polar surface area (TPSA) is 93.9 Å². The average molecular weight is 448 g/mol. The van der Waals surface area contributed by atoms with Gasteiger partial charge in [0.2, 0.25) is 5.95 Å². The van der Waals surface area contributed by atoms with Gasteiger partial charge in [-0.15, -0.1) is 0 Å². The molecule has 0 unspecified atom stereocenters. The molecule has 3 aromatic rings. The Hall–Kier alpha value is -3.45. The number of aromatic nitrogens is 2. The second-order valence-electron chi connectivity index (χ2n) is 5.37. The van der Waals surface area contributed by atoms with Gasteiger partial charge < -0.3 is 0 Å². The number of hydrogen-bond acceptors (Lipinski definition) is 5. The number of H-pyrrole nitrogens is 1. The third kappa shape index (κ3) is 3.79. The van der Waals surface area contributed by atoms with E-state index in [1.165, 1.54) is 0 Å². The van der Waals surface area contributed by atoms with Crippen molar-refractivity contribution in [2.75, 3.05) is 5.43 Å². The van der Waals surface area contributed by atoms with Crippen LogP contribution in [0.15, 0.2) is 50.8 Å². The molecule has 0 aliphatic heterocycles. The molecule has 2 N–H and O–H groups in total. The predicted molar refractivity (Wildman–Crippen MR) is 100 cm³/mol. The third-order valence-electron chi connectivity index (χ3n) is 3.59. The summed E-state index contributed by atoms with van der Waals surface area (Å²) in [7, 11) is 0. The minimum atomic E-state index is -1.42. The molecular formula is C18H9BrF3N5O. The molecule has 0 fully saturated rings. The Morgan fingerprint density at radius 2 is 1.93 bits per heavy atom. The summed E-state index contributed by atoms with van der Waals surface area (Å²) in [6, 6.07) is 10.9. The first-order valence-corrected chi connectivity index (χ1v) is 8.43. The molecule has 0 saturated heterocycles. The summed E-state index contributed by atoms with van der Waals surface area (Å²) in [4.78, 5) is 18.5. The van der Waals surface area contributed by atoms with Crippen LogP contribution in [0, 0.1) is 28.8 Å². The lowest BCUT2D eigenvalue weighted by atomic mass is 10.1. The van der Waals surface area contributed by atoms with E-state index in [9.17, 15) is 23.2 Å². The number of hydrogen-bond donors (Lipinski definition) is 2. The fourth-order valence-corrected chi connectivity index (χ4v) is 2.71. The van der Waals surface area contributed by atoms with Crippen molar-refractivity contribution in [3.63, 3.8) is 0 Å². The SMILES string of the molecule is N#Cc1c(-c2ccccc2)nc(NN=Cc2c(F)c(F)cc(Br)c2F)[nH]c1=O. The van der Waals surface area contributed by atoms with Crippen molar-refractivity contribution in [2.24, 2.45) is 5.10 Å². The molecule has 0 saturated carbocycles. The van der Waals surface area contributed by atoms with Crippen LogP contribution >= 0.6 is 15.9 Å². The van der Waals surface area contributed by atoms with Crippen LogP contribution in [-0.4, -0.2) is 16.2 Å². The zero-order valence-electron chi connectivity index (χ0n) is 13.8. The van der Waals surface area contributed by atoms with E-state index in [0.717, 1.165) is 0 Å². The lowest BCUT2D eigenvalue weighted by Crippen LogP contribution is -2.16. The summed E-state index contributed by atoms with van der Waals surface area (Å²) >= 11 is 2.77. The van der Waals surface area contributed by atoms with Crippen molar-refractivity contribution in [2.45, 2.75) is 0 Å². The van der Waals surface area contributed by atoms with Gasteiger partial charge in [0.25, 0.3) is 5.56 Å². The molecule has 3 rings (SSSR count). The summed E-state index contributed by atoms with van der Waals surface area (Å²) in [6.07, 6.45) is 0.707. The van der Waals surface area contributed by atoms with E-state index in [-0.39, 0.29) is 21.7 Å². The van der Waals surface area contributed by atoms with Crippen molar-refractivity contribution >= 4 is 28.1 Å². The van der Waals surface area contributed by atoms with Crippen LogP contribution in [0.4, 0.5) is 19.1 Å². The lowest BCUT2D eigenvalue weighted by Gasteiger charge is -2.06. The van der Waals surface area contributed by atoms with Gasteiger partial charge in [0.15, 0.2) is 11.6 Å². The standard InChI is InChI=1S/C18H9BrF3N5O/c19-12-6-13(20)15(22)11(14(12)21)8-24-27-18-25-16(9-4-2-1-3-5-9)10(7-23)17(28)26-18/h1-6,8H,(H2,25,26,27,28). The number of benzene rings is 2. The monoisotopic (exact) mass is 447 g/mol. The maximum absolute atomic E-state index is 13.9. The zero-order chi connectivity index (χ0) is 20.3. The fraction of sp³-hybridized carbons (Fsp3) is 0. The molecule has 140 valence electrons. The number of nitrogens with one attached hydrogen (secondary N) is 2. The van der Waals surface area contributed by atoms with Crippen LogP contribution in [-0.2, 0) is 0 Å². The number of anilines is 1. The summed E-state index contributed by atoms with van der Waals surface area (Å²) < 4.78 is 40.8. The van der Waals surface area contributed by atoms with Gasteiger partial charge in [-0.05, 0) is 22.0 Å². The van der Waals surface area contributed by atoms with Gasteiger partial charge in [0.05, 0.1) is 21.9 Å². The fourth-order valence-electron chi connectivity index (χ4n) is 2.30. The molecule has 0 aliphatic rings. The maximum Gasteiger partial charge on any atom is 0.270 e. The molecule has 0 radical (unpaired) electrons. The van der Waals surface area contributed by atoms with Crippen LogP contribution in [0.25, 0.3) is 11.3 Å². The van der Waals surface area contributed by atoms with Crippen molar-refractivity contribution in [1.82, 2.24) is 9.97 Å². The van der Waals surface area contributed by atoms with E-state index in [1.807, 2.05) is 0 Å². The molecule has 0 bridgehead atoms. The molecule has 6 nitrogen and oxygen atoms in total. The second-order valence-corrected chi connectivity index (χ2v) is 6.22. The van der Waals surface area contributed by atoms with Gasteiger partial charge in [-0.25, -0.2) is 23.6 Å². The summed E-state index contributed by atoms with van der Waals surface area (Å²) in [5.74, 6) is -3.89. The largest absolute Gasteiger partial charge is 0.290 e. The van der Waals surface area contributed by atoms with Crippen molar-refractivity contribution < 1.29 is 13.2 Å². The minimum absolute atomic E-state index is 0.107. The Balaban J connectivity index is 1.97. The summed E-state index contributed by atoms with van der Waals surface area (Å²) in [6.45, 7) is 0. The van der Waals surface area contributed by atoms with E-state index in [1.54, 1.807) is 36.4 Å². The lowest BCUT2D eigenvalue weighted by molar-refractivity contribution is 0.491. The zero-order valence-corrected chi connectivity index (χ0v) is 15.4. The number of halogens is 4. The van der Waals surface area contributed by atoms with Crippen LogP contribution in [0.5, 0.6) is 0 Å². The molecule has 0 atom stereocenters. The van der Waals surface area contributed by atoms with Crippen molar-refractivity contribution in [1.29, 1.82) is 5.26 Å². The molecule has 0 aliphatic carbocycles. The van der Waals surface area contributed by atoms with Gasteiger partial charge in [0, 0.05) is 5.56 Å². The Morgan fingerprint density at radius 3 is 2.61 bits per heavy atom. The Bertz CT molecular complexity index is 1150. The van der Waals surface area contributed by atoms with Gasteiger partial charge in [-0.3, -0.25) is 9.78 Å². The molecule has 0 spiro atoms. The number of rotatable bonds is 4. The Labute approximate surface area is 164 Å². The van der Waals surface area contributed by atoms with E-state index >= 15 is 0 Å². The molecule has 2 aromatic carbocycles. The van der Waals surface area contributed by atoms with E-state index in [4.69, 9.17) is 0 Å². The first-order valence-electron chi connectivity index (χ1n) is 7.64. The Kier molecular flexibility index (Phi) is 5.56. The Morgan fingerprint density at radius 1 is 1.21 bits per heavy atom. The van der Waals surface area contributed by atoms with E-state index < -0.39 is 28.6 Å². The van der Waals surface area contributed by atoms with Gasteiger partial charge in [-0.1, -0.05) is 30.3 Å². The second kappa shape index (κ2) is 8.06. The highest BCUT2D eigenvalue weighted by Crippen LogP contribution is 2.23. The highest BCUT2D eigenvalue weighted by atomic mass is 79.9. The highest BCUT2D eigenvalue weighted by molar-refractivity contribution is 9.10. The maximum atomic E-state index is 13.9.